The van der Waals surface area contributed by atoms with Crippen LogP contribution in [0.1, 0.15) is 24.5 Å². The molecule has 0 saturated heterocycles. The van der Waals surface area contributed by atoms with Gasteiger partial charge in [-0.2, -0.15) is 0 Å². The van der Waals surface area contributed by atoms with Crippen molar-refractivity contribution in [2.45, 2.75) is 19.9 Å². The maximum absolute atomic E-state index is 10.8. The molecular formula is C10H18N2O3S. The summed E-state index contributed by atoms with van der Waals surface area (Å²) in [7, 11) is -3.10. The molecule has 0 bridgehead atoms. The fourth-order valence-corrected chi connectivity index (χ4v) is 1.78. The van der Waals surface area contributed by atoms with Crippen molar-refractivity contribution in [3.8, 4) is 0 Å². The molecule has 1 aromatic heterocycles. The number of hydrogen-bond acceptors (Lipinski definition) is 4. The normalized spacial score (nSPS) is 13.9. The molecule has 0 aliphatic carbocycles. The molecule has 1 unspecified atom stereocenters. The summed E-state index contributed by atoms with van der Waals surface area (Å²) in [4.78, 5) is 0. The monoisotopic (exact) mass is 246 g/mol. The Morgan fingerprint density at radius 1 is 1.38 bits per heavy atom. The van der Waals surface area contributed by atoms with E-state index in [-0.39, 0.29) is 6.04 Å². The number of nitrogens with one attached hydrogen (secondary N) is 2. The zero-order valence-electron chi connectivity index (χ0n) is 9.78. The van der Waals surface area contributed by atoms with Crippen molar-refractivity contribution in [1.82, 2.24) is 10.0 Å². The van der Waals surface area contributed by atoms with Crippen LogP contribution < -0.4 is 10.0 Å². The topological polar surface area (TPSA) is 71.3 Å². The predicted octanol–water partition coefficient (Wildman–Crippen LogP) is 0.788. The van der Waals surface area contributed by atoms with Crippen molar-refractivity contribution in [3.05, 3.63) is 23.7 Å². The summed E-state index contributed by atoms with van der Waals surface area (Å²) in [5, 5.41) is 3.16. The van der Waals surface area contributed by atoms with Crippen LogP contribution in [0.15, 0.2) is 16.5 Å². The standard InChI is InChI=1S/C10H18N2O3S/c1-8-4-5-10(15-8)9(2)11-6-7-12-16(3,13)14/h4-5,9,11-12H,6-7H2,1-3H3. The van der Waals surface area contributed by atoms with Gasteiger partial charge in [-0.05, 0) is 26.0 Å². The summed E-state index contributed by atoms with van der Waals surface area (Å²) in [6, 6.07) is 3.90. The Morgan fingerprint density at radius 3 is 2.56 bits per heavy atom. The van der Waals surface area contributed by atoms with Gasteiger partial charge in [0.05, 0.1) is 12.3 Å². The summed E-state index contributed by atoms with van der Waals surface area (Å²) >= 11 is 0. The van der Waals surface area contributed by atoms with Crippen molar-refractivity contribution < 1.29 is 12.8 Å². The SMILES string of the molecule is Cc1ccc(C(C)NCCNS(C)(=O)=O)o1. The highest BCUT2D eigenvalue weighted by molar-refractivity contribution is 7.88. The summed E-state index contributed by atoms with van der Waals surface area (Å²) in [5.41, 5.74) is 0. The molecule has 0 aromatic carbocycles. The molecule has 0 spiro atoms. The number of hydrogen-bond donors (Lipinski definition) is 2. The minimum Gasteiger partial charge on any atom is -0.465 e. The van der Waals surface area contributed by atoms with Gasteiger partial charge in [-0.1, -0.05) is 0 Å². The largest absolute Gasteiger partial charge is 0.465 e. The quantitative estimate of drug-likeness (QED) is 0.728. The van der Waals surface area contributed by atoms with E-state index in [2.05, 4.69) is 10.0 Å². The van der Waals surface area contributed by atoms with Crippen molar-refractivity contribution >= 4 is 10.0 Å². The lowest BCUT2D eigenvalue weighted by Gasteiger charge is -2.11. The molecule has 1 aromatic rings. The highest BCUT2D eigenvalue weighted by atomic mass is 32.2. The van der Waals surface area contributed by atoms with E-state index in [1.807, 2.05) is 26.0 Å². The van der Waals surface area contributed by atoms with Crippen molar-refractivity contribution in [3.63, 3.8) is 0 Å². The number of aryl methyl sites for hydroxylation is 1. The summed E-state index contributed by atoms with van der Waals surface area (Å²) < 4.78 is 29.4. The lowest BCUT2D eigenvalue weighted by molar-refractivity contribution is 0.418. The van der Waals surface area contributed by atoms with E-state index in [1.54, 1.807) is 0 Å². The van der Waals surface area contributed by atoms with Gasteiger partial charge in [-0.15, -0.1) is 0 Å². The predicted molar refractivity (Wildman–Crippen MR) is 62.7 cm³/mol. The first-order valence-electron chi connectivity index (χ1n) is 5.13. The molecule has 6 heteroatoms. The molecule has 0 radical (unpaired) electrons. The van der Waals surface area contributed by atoms with Gasteiger partial charge in [0.25, 0.3) is 0 Å². The van der Waals surface area contributed by atoms with Crippen LogP contribution in [0.2, 0.25) is 0 Å². The molecule has 0 saturated carbocycles. The van der Waals surface area contributed by atoms with Gasteiger partial charge >= 0.3 is 0 Å². The maximum Gasteiger partial charge on any atom is 0.208 e. The molecule has 0 amide bonds. The lowest BCUT2D eigenvalue weighted by Crippen LogP contribution is -2.32. The number of sulfonamides is 1. The highest BCUT2D eigenvalue weighted by Gasteiger charge is 2.08. The van der Waals surface area contributed by atoms with E-state index in [9.17, 15) is 8.42 Å². The van der Waals surface area contributed by atoms with Gasteiger partial charge in [-0.3, -0.25) is 0 Å². The zero-order valence-corrected chi connectivity index (χ0v) is 10.6. The number of rotatable bonds is 6. The molecule has 92 valence electrons. The van der Waals surface area contributed by atoms with Crippen LogP contribution in [0.4, 0.5) is 0 Å². The molecule has 1 heterocycles. The van der Waals surface area contributed by atoms with E-state index < -0.39 is 10.0 Å². The maximum atomic E-state index is 10.8. The lowest BCUT2D eigenvalue weighted by atomic mass is 10.2. The molecule has 0 aliphatic rings. The first kappa shape index (κ1) is 13.2. The highest BCUT2D eigenvalue weighted by Crippen LogP contribution is 2.14. The summed E-state index contributed by atoms with van der Waals surface area (Å²) in [6.45, 7) is 4.80. The minimum absolute atomic E-state index is 0.0788. The minimum atomic E-state index is -3.10. The third-order valence-electron chi connectivity index (χ3n) is 2.13. The Labute approximate surface area is 96.3 Å². The van der Waals surface area contributed by atoms with E-state index in [1.165, 1.54) is 0 Å². The molecule has 2 N–H and O–H groups in total. The van der Waals surface area contributed by atoms with Crippen LogP contribution in [-0.2, 0) is 10.0 Å². The van der Waals surface area contributed by atoms with Crippen LogP contribution in [0.5, 0.6) is 0 Å². The van der Waals surface area contributed by atoms with Crippen LogP contribution in [0.3, 0.4) is 0 Å². The fraction of sp³-hybridized carbons (Fsp3) is 0.600. The van der Waals surface area contributed by atoms with E-state index >= 15 is 0 Å². The molecule has 16 heavy (non-hydrogen) atoms. The molecule has 5 nitrogen and oxygen atoms in total. The first-order chi connectivity index (χ1) is 7.38. The summed E-state index contributed by atoms with van der Waals surface area (Å²) in [6.07, 6.45) is 1.15. The molecule has 0 aliphatic heterocycles. The molecule has 0 fully saturated rings. The first-order valence-corrected chi connectivity index (χ1v) is 7.02. The van der Waals surface area contributed by atoms with Gasteiger partial charge in [0.15, 0.2) is 0 Å². The van der Waals surface area contributed by atoms with Crippen molar-refractivity contribution in [2.75, 3.05) is 19.3 Å². The van der Waals surface area contributed by atoms with Crippen LogP contribution in [0, 0.1) is 6.92 Å². The van der Waals surface area contributed by atoms with E-state index in [0.29, 0.717) is 13.1 Å². The van der Waals surface area contributed by atoms with E-state index in [4.69, 9.17) is 4.42 Å². The van der Waals surface area contributed by atoms with E-state index in [0.717, 1.165) is 17.8 Å². The van der Waals surface area contributed by atoms with Crippen molar-refractivity contribution in [1.29, 1.82) is 0 Å². The third kappa shape index (κ3) is 4.78. The fourth-order valence-electron chi connectivity index (χ4n) is 1.31. The van der Waals surface area contributed by atoms with Crippen molar-refractivity contribution in [2.24, 2.45) is 0 Å². The van der Waals surface area contributed by atoms with Gasteiger partial charge in [0, 0.05) is 13.1 Å². The van der Waals surface area contributed by atoms with Gasteiger partial charge in [-0.25, -0.2) is 13.1 Å². The van der Waals surface area contributed by atoms with Gasteiger partial charge < -0.3 is 9.73 Å². The molecule has 1 atom stereocenters. The second-order valence-corrected chi connectivity index (χ2v) is 5.62. The smallest absolute Gasteiger partial charge is 0.208 e. The zero-order chi connectivity index (χ0) is 12.2. The molecule has 1 rings (SSSR count). The number of furan rings is 1. The Morgan fingerprint density at radius 2 is 2.06 bits per heavy atom. The van der Waals surface area contributed by atoms with Crippen LogP contribution in [-0.4, -0.2) is 27.8 Å². The second-order valence-electron chi connectivity index (χ2n) is 3.79. The summed E-state index contributed by atoms with van der Waals surface area (Å²) in [5.74, 6) is 1.73. The average molecular weight is 246 g/mol. The second kappa shape index (κ2) is 5.47. The Balaban J connectivity index is 2.28. The van der Waals surface area contributed by atoms with Crippen LogP contribution >= 0.6 is 0 Å². The molecular weight excluding hydrogens is 228 g/mol. The Hall–Kier alpha value is -0.850. The van der Waals surface area contributed by atoms with Crippen LogP contribution in [0.25, 0.3) is 0 Å². The average Bonchev–Trinajstić information content (AvgIpc) is 2.57. The third-order valence-corrected chi connectivity index (χ3v) is 2.86. The van der Waals surface area contributed by atoms with Gasteiger partial charge in [0.1, 0.15) is 11.5 Å². The Bertz CT molecular complexity index is 425. The Kier molecular flexibility index (Phi) is 4.52. The van der Waals surface area contributed by atoms with Gasteiger partial charge in [0.2, 0.25) is 10.0 Å².